The van der Waals surface area contributed by atoms with Crippen molar-refractivity contribution in [2.45, 2.75) is 38.1 Å². The maximum atomic E-state index is 11.8. The zero-order valence-corrected chi connectivity index (χ0v) is 11.9. The Hall–Kier alpha value is -1.09. The monoisotopic (exact) mass is 307 g/mol. The van der Waals surface area contributed by atoms with Crippen molar-refractivity contribution in [3.05, 3.63) is 40.4 Å². The van der Waals surface area contributed by atoms with E-state index in [9.17, 15) is 4.79 Å². The van der Waals surface area contributed by atoms with Gasteiger partial charge in [0, 0.05) is 16.6 Å². The summed E-state index contributed by atoms with van der Waals surface area (Å²) in [5.74, 6) is 0.0156. The number of carbonyl (C=O) groups excluding carboxylic acids is 1. The van der Waals surface area contributed by atoms with Gasteiger partial charge < -0.3 is 5.32 Å². The Balaban J connectivity index is 1.86. The lowest BCUT2D eigenvalue weighted by Gasteiger charge is -2.21. The van der Waals surface area contributed by atoms with Crippen molar-refractivity contribution >= 4 is 27.9 Å². The van der Waals surface area contributed by atoms with Crippen molar-refractivity contribution in [1.29, 1.82) is 0 Å². The van der Waals surface area contributed by atoms with E-state index in [4.69, 9.17) is 0 Å². The molecule has 2 rings (SSSR count). The predicted molar refractivity (Wildman–Crippen MR) is 78.2 cm³/mol. The normalized spacial score (nSPS) is 16.9. The number of halogens is 1. The van der Waals surface area contributed by atoms with Crippen LogP contribution in [0.2, 0.25) is 0 Å². The van der Waals surface area contributed by atoms with Gasteiger partial charge in [0.05, 0.1) is 0 Å². The molecule has 18 heavy (non-hydrogen) atoms. The quantitative estimate of drug-likeness (QED) is 0.843. The summed E-state index contributed by atoms with van der Waals surface area (Å²) in [6.07, 6.45) is 9.49. The fourth-order valence-corrected chi connectivity index (χ4v) is 2.70. The summed E-state index contributed by atoms with van der Waals surface area (Å²) in [5.41, 5.74) is 1.03. The highest BCUT2D eigenvalue weighted by molar-refractivity contribution is 9.10. The molecule has 0 aliphatic heterocycles. The van der Waals surface area contributed by atoms with Crippen LogP contribution in [-0.2, 0) is 4.79 Å². The molecule has 0 radical (unpaired) electrons. The molecule has 1 aromatic carbocycles. The summed E-state index contributed by atoms with van der Waals surface area (Å²) >= 11 is 3.41. The van der Waals surface area contributed by atoms with Crippen LogP contribution in [0.25, 0.3) is 6.08 Å². The van der Waals surface area contributed by atoms with Crippen LogP contribution in [0.1, 0.15) is 37.7 Å². The first-order chi connectivity index (χ1) is 8.74. The molecule has 1 aliphatic rings. The molecule has 1 saturated carbocycles. The molecular weight excluding hydrogens is 290 g/mol. The first kappa shape index (κ1) is 13.3. The van der Waals surface area contributed by atoms with Crippen LogP contribution in [0.4, 0.5) is 0 Å². The summed E-state index contributed by atoms with van der Waals surface area (Å²) in [6, 6.07) is 8.28. The second-order valence-electron chi connectivity index (χ2n) is 4.73. The Bertz CT molecular complexity index is 436. The highest BCUT2D eigenvalue weighted by Gasteiger charge is 2.13. The first-order valence-electron chi connectivity index (χ1n) is 6.48. The van der Waals surface area contributed by atoms with Crippen LogP contribution in [-0.4, -0.2) is 11.9 Å². The van der Waals surface area contributed by atoms with Gasteiger partial charge in [-0.2, -0.15) is 0 Å². The van der Waals surface area contributed by atoms with Gasteiger partial charge in [-0.3, -0.25) is 4.79 Å². The van der Waals surface area contributed by atoms with Crippen LogP contribution >= 0.6 is 15.9 Å². The van der Waals surface area contributed by atoms with Gasteiger partial charge in [0.15, 0.2) is 0 Å². The van der Waals surface area contributed by atoms with Crippen LogP contribution in [0.5, 0.6) is 0 Å². The van der Waals surface area contributed by atoms with Crippen LogP contribution in [0, 0.1) is 0 Å². The largest absolute Gasteiger partial charge is 0.350 e. The van der Waals surface area contributed by atoms with Crippen molar-refractivity contribution in [3.8, 4) is 0 Å². The second-order valence-corrected chi connectivity index (χ2v) is 5.65. The fourth-order valence-electron chi connectivity index (χ4n) is 2.28. The molecule has 1 aromatic rings. The lowest BCUT2D eigenvalue weighted by atomic mass is 9.95. The lowest BCUT2D eigenvalue weighted by molar-refractivity contribution is -0.117. The van der Waals surface area contributed by atoms with Crippen molar-refractivity contribution in [2.24, 2.45) is 0 Å². The summed E-state index contributed by atoms with van der Waals surface area (Å²) in [6.45, 7) is 0. The van der Waals surface area contributed by atoms with Gasteiger partial charge in [0.25, 0.3) is 0 Å². The Kier molecular flexibility index (Phi) is 5.00. The molecule has 0 unspecified atom stereocenters. The maximum Gasteiger partial charge on any atom is 0.244 e. The summed E-state index contributed by atoms with van der Waals surface area (Å²) in [5, 5.41) is 3.07. The molecule has 1 N–H and O–H groups in total. The van der Waals surface area contributed by atoms with Crippen LogP contribution in [0.3, 0.4) is 0 Å². The van der Waals surface area contributed by atoms with E-state index in [1.165, 1.54) is 19.3 Å². The van der Waals surface area contributed by atoms with E-state index in [0.29, 0.717) is 6.04 Å². The molecule has 96 valence electrons. The van der Waals surface area contributed by atoms with Crippen molar-refractivity contribution < 1.29 is 4.79 Å². The summed E-state index contributed by atoms with van der Waals surface area (Å²) in [7, 11) is 0. The topological polar surface area (TPSA) is 29.1 Å². The number of amides is 1. The SMILES string of the molecule is O=C(C=Cc1cccc(Br)c1)NC1CCCCC1. The molecule has 0 atom stereocenters. The molecule has 2 nitrogen and oxygen atoms in total. The summed E-state index contributed by atoms with van der Waals surface area (Å²) in [4.78, 5) is 11.8. The van der Waals surface area contributed by atoms with E-state index in [-0.39, 0.29) is 5.91 Å². The lowest BCUT2D eigenvalue weighted by Crippen LogP contribution is -2.34. The third-order valence-corrected chi connectivity index (χ3v) is 3.72. The Morgan fingerprint density at radius 3 is 2.78 bits per heavy atom. The minimum absolute atomic E-state index is 0.0156. The molecule has 0 aromatic heterocycles. The average molecular weight is 308 g/mol. The number of hydrogen-bond donors (Lipinski definition) is 1. The Labute approximate surface area is 117 Å². The molecule has 0 heterocycles. The maximum absolute atomic E-state index is 11.8. The number of benzene rings is 1. The molecule has 3 heteroatoms. The van der Waals surface area contributed by atoms with E-state index < -0.39 is 0 Å². The predicted octanol–water partition coefficient (Wildman–Crippen LogP) is 3.91. The van der Waals surface area contributed by atoms with E-state index in [2.05, 4.69) is 21.2 Å². The molecule has 1 aliphatic carbocycles. The fraction of sp³-hybridized carbons (Fsp3) is 0.400. The van der Waals surface area contributed by atoms with Crippen LogP contribution in [0.15, 0.2) is 34.8 Å². The smallest absolute Gasteiger partial charge is 0.244 e. The Morgan fingerprint density at radius 2 is 2.06 bits per heavy atom. The number of rotatable bonds is 3. The molecule has 0 saturated heterocycles. The minimum Gasteiger partial charge on any atom is -0.350 e. The van der Waals surface area contributed by atoms with Gasteiger partial charge in [0.2, 0.25) is 5.91 Å². The van der Waals surface area contributed by atoms with Gasteiger partial charge in [0.1, 0.15) is 0 Å². The highest BCUT2D eigenvalue weighted by Crippen LogP contribution is 2.17. The van der Waals surface area contributed by atoms with Gasteiger partial charge in [-0.15, -0.1) is 0 Å². The zero-order chi connectivity index (χ0) is 12.8. The standard InChI is InChI=1S/C15H18BrNO/c16-13-6-4-5-12(11-13)9-10-15(18)17-14-7-2-1-3-8-14/h4-6,9-11,14H,1-3,7-8H2,(H,17,18). The molecule has 0 spiro atoms. The first-order valence-corrected chi connectivity index (χ1v) is 7.27. The average Bonchev–Trinajstić information content (AvgIpc) is 2.38. The van der Waals surface area contributed by atoms with Gasteiger partial charge in [-0.1, -0.05) is 47.3 Å². The minimum atomic E-state index is 0.0156. The van der Waals surface area contributed by atoms with Crippen molar-refractivity contribution in [1.82, 2.24) is 5.32 Å². The van der Waals surface area contributed by atoms with E-state index in [0.717, 1.165) is 22.9 Å². The zero-order valence-electron chi connectivity index (χ0n) is 10.4. The molecule has 1 amide bonds. The summed E-state index contributed by atoms with van der Waals surface area (Å²) < 4.78 is 1.03. The van der Waals surface area contributed by atoms with E-state index in [1.54, 1.807) is 6.08 Å². The molecule has 0 bridgehead atoms. The Morgan fingerprint density at radius 1 is 1.28 bits per heavy atom. The number of carbonyl (C=O) groups is 1. The highest BCUT2D eigenvalue weighted by atomic mass is 79.9. The third-order valence-electron chi connectivity index (χ3n) is 3.23. The van der Waals surface area contributed by atoms with Gasteiger partial charge in [-0.25, -0.2) is 0 Å². The van der Waals surface area contributed by atoms with Crippen LogP contribution < -0.4 is 5.32 Å². The molecule has 1 fully saturated rings. The van der Waals surface area contributed by atoms with Gasteiger partial charge >= 0.3 is 0 Å². The van der Waals surface area contributed by atoms with Gasteiger partial charge in [-0.05, 0) is 36.6 Å². The van der Waals surface area contributed by atoms with Crippen molar-refractivity contribution in [3.63, 3.8) is 0 Å². The molecular formula is C15H18BrNO. The van der Waals surface area contributed by atoms with E-state index >= 15 is 0 Å². The third kappa shape index (κ3) is 4.30. The van der Waals surface area contributed by atoms with E-state index in [1.807, 2.05) is 30.3 Å². The number of hydrogen-bond acceptors (Lipinski definition) is 1. The second kappa shape index (κ2) is 6.74. The number of nitrogens with one attached hydrogen (secondary N) is 1. The van der Waals surface area contributed by atoms with Crippen molar-refractivity contribution in [2.75, 3.05) is 0 Å².